The molecule has 5 heteroatoms. The van der Waals surface area contributed by atoms with Crippen LogP contribution in [0.3, 0.4) is 0 Å². The lowest BCUT2D eigenvalue weighted by Gasteiger charge is -2.26. The van der Waals surface area contributed by atoms with Gasteiger partial charge in [-0.1, -0.05) is 19.8 Å². The number of methoxy groups -OCH3 is 1. The van der Waals surface area contributed by atoms with Crippen LogP contribution in [-0.4, -0.2) is 29.3 Å². The fourth-order valence-electron chi connectivity index (χ4n) is 2.98. The van der Waals surface area contributed by atoms with Crippen molar-refractivity contribution in [3.8, 4) is 0 Å². The van der Waals surface area contributed by atoms with Crippen molar-refractivity contribution >= 4 is 21.7 Å². The van der Waals surface area contributed by atoms with Gasteiger partial charge in [0.15, 0.2) is 5.78 Å². The van der Waals surface area contributed by atoms with Crippen LogP contribution >= 0.6 is 15.9 Å². The van der Waals surface area contributed by atoms with Crippen molar-refractivity contribution in [3.63, 3.8) is 0 Å². The summed E-state index contributed by atoms with van der Waals surface area (Å²) in [6.07, 6.45) is 6.94. The summed E-state index contributed by atoms with van der Waals surface area (Å²) in [4.78, 5) is 12.9. The maximum absolute atomic E-state index is 12.9. The Kier molecular flexibility index (Phi) is 4.79. The van der Waals surface area contributed by atoms with Crippen LogP contribution in [0.4, 0.5) is 0 Å². The zero-order chi connectivity index (χ0) is 13.9. The van der Waals surface area contributed by atoms with E-state index >= 15 is 0 Å². The van der Waals surface area contributed by atoms with Gasteiger partial charge in [-0.2, -0.15) is 5.10 Å². The molecular weight excluding hydrogens is 308 g/mol. The van der Waals surface area contributed by atoms with E-state index in [2.05, 4.69) is 28.0 Å². The predicted molar refractivity (Wildman–Crippen MR) is 77.3 cm³/mol. The molecule has 0 aromatic carbocycles. The first-order valence-electron chi connectivity index (χ1n) is 6.89. The fourth-order valence-corrected chi connectivity index (χ4v) is 3.46. The molecule has 4 nitrogen and oxygen atoms in total. The standard InChI is InChI=1S/C14H21BrN2O2/c1-3-14(6-4-5-7-14)13(18)12-11(15)10-16-17(12)8-9-19-2/h10H,3-9H2,1-2H3. The smallest absolute Gasteiger partial charge is 0.188 e. The lowest BCUT2D eigenvalue weighted by Crippen LogP contribution is -2.30. The third kappa shape index (κ3) is 2.77. The van der Waals surface area contributed by atoms with Crippen molar-refractivity contribution in [1.29, 1.82) is 0 Å². The largest absolute Gasteiger partial charge is 0.383 e. The highest BCUT2D eigenvalue weighted by molar-refractivity contribution is 9.10. The van der Waals surface area contributed by atoms with Crippen LogP contribution in [0.1, 0.15) is 49.5 Å². The molecule has 0 atom stereocenters. The number of halogens is 1. The fraction of sp³-hybridized carbons (Fsp3) is 0.714. The molecule has 2 rings (SSSR count). The van der Waals surface area contributed by atoms with Crippen molar-refractivity contribution in [3.05, 3.63) is 16.4 Å². The number of rotatable bonds is 6. The van der Waals surface area contributed by atoms with Crippen LogP contribution in [0.15, 0.2) is 10.7 Å². The third-order valence-corrected chi connectivity index (χ3v) is 4.82. The molecule has 1 aliphatic rings. The minimum absolute atomic E-state index is 0.173. The molecule has 0 radical (unpaired) electrons. The van der Waals surface area contributed by atoms with Gasteiger partial charge in [-0.25, -0.2) is 0 Å². The van der Waals surface area contributed by atoms with Crippen molar-refractivity contribution < 1.29 is 9.53 Å². The number of nitrogens with zero attached hydrogens (tertiary/aromatic N) is 2. The van der Waals surface area contributed by atoms with Gasteiger partial charge in [0.1, 0.15) is 5.69 Å². The topological polar surface area (TPSA) is 44.1 Å². The van der Waals surface area contributed by atoms with Gasteiger partial charge in [0.2, 0.25) is 0 Å². The van der Waals surface area contributed by atoms with Crippen molar-refractivity contribution in [2.45, 2.75) is 45.6 Å². The number of aromatic nitrogens is 2. The highest BCUT2D eigenvalue weighted by atomic mass is 79.9. The number of ether oxygens (including phenoxy) is 1. The monoisotopic (exact) mass is 328 g/mol. The Hall–Kier alpha value is -0.680. The molecule has 0 N–H and O–H groups in total. The maximum atomic E-state index is 12.9. The van der Waals surface area contributed by atoms with E-state index in [0.717, 1.165) is 36.6 Å². The van der Waals surface area contributed by atoms with E-state index in [9.17, 15) is 4.79 Å². The maximum Gasteiger partial charge on any atom is 0.188 e. The van der Waals surface area contributed by atoms with Crippen LogP contribution in [-0.2, 0) is 11.3 Å². The van der Waals surface area contributed by atoms with Gasteiger partial charge in [-0.15, -0.1) is 0 Å². The molecule has 1 aromatic heterocycles. The zero-order valence-electron chi connectivity index (χ0n) is 11.6. The van der Waals surface area contributed by atoms with Crippen LogP contribution in [0.5, 0.6) is 0 Å². The lowest BCUT2D eigenvalue weighted by molar-refractivity contribution is 0.0775. The van der Waals surface area contributed by atoms with Gasteiger partial charge >= 0.3 is 0 Å². The highest BCUT2D eigenvalue weighted by Crippen LogP contribution is 2.44. The van der Waals surface area contributed by atoms with Crippen LogP contribution < -0.4 is 0 Å². The first kappa shape index (κ1) is 14.7. The van der Waals surface area contributed by atoms with Gasteiger partial charge in [0.25, 0.3) is 0 Å². The molecule has 1 fully saturated rings. The summed E-state index contributed by atoms with van der Waals surface area (Å²) < 4.78 is 7.65. The van der Waals surface area contributed by atoms with Gasteiger partial charge in [-0.3, -0.25) is 9.48 Å². The summed E-state index contributed by atoms with van der Waals surface area (Å²) in [6.45, 7) is 3.30. The molecule has 1 aromatic rings. The second kappa shape index (κ2) is 6.18. The number of carbonyl (C=O) groups excluding carboxylic acids is 1. The Morgan fingerprint density at radius 3 is 2.79 bits per heavy atom. The number of Topliss-reactive ketones (excluding diaryl/α,β-unsaturated/α-hetero) is 1. The first-order valence-corrected chi connectivity index (χ1v) is 7.69. The first-order chi connectivity index (χ1) is 9.14. The van der Waals surface area contributed by atoms with E-state index in [0.29, 0.717) is 18.8 Å². The minimum Gasteiger partial charge on any atom is -0.383 e. The van der Waals surface area contributed by atoms with Crippen molar-refractivity contribution in [2.24, 2.45) is 5.41 Å². The van der Waals surface area contributed by atoms with Crippen molar-refractivity contribution in [2.75, 3.05) is 13.7 Å². The van der Waals surface area contributed by atoms with Gasteiger partial charge in [0.05, 0.1) is 23.8 Å². The molecule has 0 aliphatic heterocycles. The zero-order valence-corrected chi connectivity index (χ0v) is 13.2. The Balaban J connectivity index is 2.29. The second-order valence-corrected chi connectivity index (χ2v) is 6.08. The van der Waals surface area contributed by atoms with Crippen LogP contribution in [0, 0.1) is 5.41 Å². The van der Waals surface area contributed by atoms with E-state index in [1.165, 1.54) is 0 Å². The number of hydrogen-bond acceptors (Lipinski definition) is 3. The molecular formula is C14H21BrN2O2. The van der Waals surface area contributed by atoms with Crippen molar-refractivity contribution in [1.82, 2.24) is 9.78 Å². The third-order valence-electron chi connectivity index (χ3n) is 4.24. The summed E-state index contributed by atoms with van der Waals surface area (Å²) in [5.41, 5.74) is 0.536. The van der Waals surface area contributed by atoms with Crippen LogP contribution in [0.2, 0.25) is 0 Å². The number of hydrogen-bond donors (Lipinski definition) is 0. The lowest BCUT2D eigenvalue weighted by atomic mass is 9.78. The van der Waals surface area contributed by atoms with E-state index in [4.69, 9.17) is 4.74 Å². The second-order valence-electron chi connectivity index (χ2n) is 5.23. The number of carbonyl (C=O) groups is 1. The van der Waals surface area contributed by atoms with E-state index < -0.39 is 0 Å². The Morgan fingerprint density at radius 2 is 2.21 bits per heavy atom. The molecule has 0 bridgehead atoms. The average molecular weight is 329 g/mol. The molecule has 0 amide bonds. The summed E-state index contributed by atoms with van der Waals surface area (Å²) in [6, 6.07) is 0. The minimum atomic E-state index is -0.173. The SMILES string of the molecule is CCC1(C(=O)c2c(Br)cnn2CCOC)CCCC1. The van der Waals surface area contributed by atoms with Gasteiger partial charge in [-0.05, 0) is 35.2 Å². The Morgan fingerprint density at radius 1 is 1.53 bits per heavy atom. The molecule has 1 saturated carbocycles. The average Bonchev–Trinajstić information content (AvgIpc) is 3.03. The van der Waals surface area contributed by atoms with E-state index in [1.54, 1.807) is 18.0 Å². The molecule has 0 spiro atoms. The molecule has 106 valence electrons. The normalized spacial score (nSPS) is 17.8. The van der Waals surface area contributed by atoms with Crippen LogP contribution in [0.25, 0.3) is 0 Å². The molecule has 0 unspecified atom stereocenters. The van der Waals surface area contributed by atoms with Gasteiger partial charge in [0, 0.05) is 12.5 Å². The quantitative estimate of drug-likeness (QED) is 0.751. The number of ketones is 1. The summed E-state index contributed by atoms with van der Waals surface area (Å²) in [5.74, 6) is 0.243. The summed E-state index contributed by atoms with van der Waals surface area (Å²) >= 11 is 3.47. The molecule has 0 saturated heterocycles. The Bertz CT molecular complexity index is 450. The molecule has 1 aliphatic carbocycles. The molecule has 19 heavy (non-hydrogen) atoms. The predicted octanol–water partition coefficient (Wildman–Crippen LogP) is 3.45. The highest BCUT2D eigenvalue weighted by Gasteiger charge is 2.41. The summed E-state index contributed by atoms with van der Waals surface area (Å²) in [7, 11) is 1.66. The Labute approximate surface area is 122 Å². The van der Waals surface area contributed by atoms with E-state index in [1.807, 2.05) is 0 Å². The van der Waals surface area contributed by atoms with Gasteiger partial charge < -0.3 is 4.74 Å². The summed E-state index contributed by atoms with van der Waals surface area (Å²) in [5, 5.41) is 4.28. The molecule has 1 heterocycles. The van der Waals surface area contributed by atoms with E-state index in [-0.39, 0.29) is 11.2 Å².